The van der Waals surface area contributed by atoms with E-state index in [9.17, 15) is 0 Å². The number of fused-ring (bicyclic) bond motifs is 1. The molecule has 0 spiro atoms. The molecule has 0 atom stereocenters. The number of aromatic nitrogens is 2. The van der Waals surface area contributed by atoms with E-state index in [4.69, 9.17) is 25.5 Å². The van der Waals surface area contributed by atoms with Crippen LogP contribution in [0.3, 0.4) is 0 Å². The van der Waals surface area contributed by atoms with Gasteiger partial charge in [0.05, 0.1) is 13.1 Å². The molecule has 0 aliphatic heterocycles. The van der Waals surface area contributed by atoms with Crippen LogP contribution in [0.4, 0.5) is 5.95 Å². The van der Waals surface area contributed by atoms with E-state index < -0.39 is 11.9 Å². The second-order valence-corrected chi connectivity index (χ2v) is 7.25. The fraction of sp³-hybridized carbons (Fsp3) is 0.160. The molecule has 164 valence electrons. The fourth-order valence-corrected chi connectivity index (χ4v) is 3.57. The van der Waals surface area contributed by atoms with Gasteiger partial charge in [0.1, 0.15) is 11.0 Å². The number of carbonyl (C=O) groups is 2. The summed E-state index contributed by atoms with van der Waals surface area (Å²) in [5.41, 5.74) is 11.6. The van der Waals surface area contributed by atoms with Gasteiger partial charge in [-0.05, 0) is 36.1 Å². The van der Waals surface area contributed by atoms with Crippen LogP contribution >= 0.6 is 0 Å². The molecule has 0 fully saturated rings. The Balaban J connectivity index is 0.000000427. The maximum Gasteiger partial charge on any atom is 0.356 e. The summed E-state index contributed by atoms with van der Waals surface area (Å²) in [6, 6.07) is 29.6. The van der Waals surface area contributed by atoms with Crippen molar-refractivity contribution in [3.63, 3.8) is 0 Å². The topological polar surface area (TPSA) is 112 Å². The van der Waals surface area contributed by atoms with Gasteiger partial charge in [0, 0.05) is 0 Å². The summed E-state index contributed by atoms with van der Waals surface area (Å²) in [6.45, 7) is 1.71. The minimum Gasteiger partial charge on any atom is -0.539 e. The van der Waals surface area contributed by atoms with Crippen molar-refractivity contribution in [2.75, 3.05) is 5.73 Å². The second kappa shape index (κ2) is 10.8. The van der Waals surface area contributed by atoms with E-state index in [-0.39, 0.29) is 0 Å². The molecule has 0 saturated heterocycles. The van der Waals surface area contributed by atoms with Crippen molar-refractivity contribution in [2.45, 2.75) is 25.9 Å². The first kappa shape index (κ1) is 22.6. The van der Waals surface area contributed by atoms with E-state index in [1.54, 1.807) is 0 Å². The average Bonchev–Trinajstić information content (AvgIpc) is 3.07. The van der Waals surface area contributed by atoms with Crippen LogP contribution in [-0.4, -0.2) is 21.6 Å². The lowest BCUT2D eigenvalue weighted by atomic mass is 10.1. The number of nitrogen functional groups attached to an aromatic ring is 1. The Hall–Kier alpha value is -4.13. The van der Waals surface area contributed by atoms with Gasteiger partial charge in [0.25, 0.3) is 0 Å². The quantitative estimate of drug-likeness (QED) is 0.358. The number of imidazole rings is 1. The summed E-state index contributed by atoms with van der Waals surface area (Å²) in [7, 11) is 0. The lowest BCUT2D eigenvalue weighted by Crippen LogP contribution is -2.37. The molecule has 0 bridgehead atoms. The molecular formula is C25H25N3O4. The van der Waals surface area contributed by atoms with Crippen LogP contribution in [0.1, 0.15) is 17.5 Å². The Bertz CT molecular complexity index is 1180. The first-order valence-corrected chi connectivity index (χ1v) is 10.3. The van der Waals surface area contributed by atoms with E-state index in [0.717, 1.165) is 31.9 Å². The molecule has 1 heterocycles. The molecule has 7 nitrogen and oxygen atoms in total. The minimum atomic E-state index is -2.07. The predicted octanol–water partition coefficient (Wildman–Crippen LogP) is 2.01. The Morgan fingerprint density at radius 2 is 1.41 bits per heavy atom. The van der Waals surface area contributed by atoms with Gasteiger partial charge in [0.2, 0.25) is 0 Å². The lowest BCUT2D eigenvalue weighted by molar-refractivity contribution is -0.648. The fourth-order valence-electron chi connectivity index (χ4n) is 3.57. The molecule has 4 aromatic rings. The minimum absolute atomic E-state index is 0.791. The van der Waals surface area contributed by atoms with Crippen molar-refractivity contribution in [1.29, 1.82) is 0 Å². The smallest absolute Gasteiger partial charge is 0.356 e. The van der Waals surface area contributed by atoms with Crippen molar-refractivity contribution in [3.05, 3.63) is 96.1 Å². The summed E-state index contributed by atoms with van der Waals surface area (Å²) >= 11 is 0. The first-order chi connectivity index (χ1) is 15.5. The molecule has 4 rings (SSSR count). The van der Waals surface area contributed by atoms with E-state index in [2.05, 4.69) is 88.0 Å². The Labute approximate surface area is 186 Å². The molecule has 1 aromatic heterocycles. The number of aliphatic carboxylic acids is 2. The Morgan fingerprint density at radius 3 is 2.00 bits per heavy atom. The average molecular weight is 431 g/mol. The largest absolute Gasteiger partial charge is 0.539 e. The third-order valence-corrected chi connectivity index (χ3v) is 5.06. The molecule has 32 heavy (non-hydrogen) atoms. The molecule has 0 radical (unpaired) electrons. The number of hydrogen-bond donors (Lipinski definition) is 2. The zero-order valence-electron chi connectivity index (χ0n) is 17.6. The van der Waals surface area contributed by atoms with Crippen LogP contribution in [0.5, 0.6) is 0 Å². The molecule has 3 N–H and O–H groups in total. The summed E-state index contributed by atoms with van der Waals surface area (Å²) in [5, 5.41) is 16.3. The van der Waals surface area contributed by atoms with Crippen molar-refractivity contribution in [2.24, 2.45) is 0 Å². The number of nitrogens with zero attached hydrogens (tertiary/aromatic N) is 2. The summed E-state index contributed by atoms with van der Waals surface area (Å²) in [5.74, 6) is -3.19. The van der Waals surface area contributed by atoms with Gasteiger partial charge in [-0.25, -0.2) is 13.9 Å². The van der Waals surface area contributed by atoms with Crippen molar-refractivity contribution >= 4 is 28.9 Å². The third-order valence-electron chi connectivity index (χ3n) is 5.06. The number of nitrogens with two attached hydrogens (primary N) is 1. The lowest BCUT2D eigenvalue weighted by Gasteiger charge is -2.04. The third kappa shape index (κ3) is 5.72. The van der Waals surface area contributed by atoms with Gasteiger partial charge in [-0.1, -0.05) is 72.8 Å². The molecule has 0 unspecified atom stereocenters. The number of rotatable bonds is 6. The highest BCUT2D eigenvalue weighted by molar-refractivity contribution is 6.26. The number of anilines is 1. The number of benzene rings is 3. The van der Waals surface area contributed by atoms with E-state index in [1.807, 2.05) is 6.07 Å². The monoisotopic (exact) mass is 431 g/mol. The highest BCUT2D eigenvalue weighted by atomic mass is 16.4. The van der Waals surface area contributed by atoms with E-state index >= 15 is 0 Å². The predicted molar refractivity (Wildman–Crippen MR) is 119 cm³/mol. The van der Waals surface area contributed by atoms with Crippen molar-refractivity contribution < 1.29 is 24.4 Å². The van der Waals surface area contributed by atoms with Crippen LogP contribution in [0, 0.1) is 0 Å². The Kier molecular flexibility index (Phi) is 7.59. The number of carboxylic acid groups (broad SMARTS) is 2. The standard InChI is InChI=1S/C23H23N3.C2H2O4/c24-23-25(17-9-14-19-10-3-1-4-11-19)21-15-7-8-16-22(21)26(23)18-20-12-5-2-6-13-20;3-1(4)2(5)6/h1-8,10-13,15-16,24H,9,14,17-18H2;(H,3,4)(H,5,6). The van der Waals surface area contributed by atoms with Gasteiger partial charge in [-0.3, -0.25) is 5.73 Å². The number of aryl methyl sites for hydroxylation is 2. The van der Waals surface area contributed by atoms with Crippen LogP contribution in [-0.2, 0) is 29.1 Å². The highest BCUT2D eigenvalue weighted by Crippen LogP contribution is 2.18. The zero-order chi connectivity index (χ0) is 22.9. The van der Waals surface area contributed by atoms with Gasteiger partial charge in [-0.2, -0.15) is 0 Å². The van der Waals surface area contributed by atoms with Crippen LogP contribution in [0.15, 0.2) is 84.9 Å². The molecule has 0 amide bonds. The van der Waals surface area contributed by atoms with E-state index in [0.29, 0.717) is 0 Å². The molecule has 0 aliphatic rings. The number of carboxylic acids is 2. The van der Waals surface area contributed by atoms with Crippen LogP contribution in [0.25, 0.3) is 11.0 Å². The van der Waals surface area contributed by atoms with Gasteiger partial charge >= 0.3 is 11.9 Å². The first-order valence-electron chi connectivity index (χ1n) is 10.3. The molecular weight excluding hydrogens is 406 g/mol. The van der Waals surface area contributed by atoms with Gasteiger partial charge in [-0.15, -0.1) is 0 Å². The van der Waals surface area contributed by atoms with Crippen LogP contribution < -0.4 is 15.4 Å². The molecule has 7 heteroatoms. The number of carbonyl (C=O) groups excluding carboxylic acids is 1. The number of para-hydroxylation sites is 2. The normalized spacial score (nSPS) is 10.4. The molecule has 3 aromatic carbocycles. The molecule has 0 saturated carbocycles. The summed E-state index contributed by atoms with van der Waals surface area (Å²) in [4.78, 5) is 18.0. The summed E-state index contributed by atoms with van der Waals surface area (Å²) < 4.78 is 4.47. The maximum atomic E-state index is 9.04. The van der Waals surface area contributed by atoms with Crippen molar-refractivity contribution in [3.8, 4) is 0 Å². The Morgan fingerprint density at radius 1 is 0.875 bits per heavy atom. The summed E-state index contributed by atoms with van der Waals surface area (Å²) in [6.07, 6.45) is 2.13. The SMILES string of the molecule is Nc1n(CCCc2ccccc2)c2ccccc2[n+]1Cc1ccccc1.O=C([O-])C(=O)O. The zero-order valence-corrected chi connectivity index (χ0v) is 17.6. The van der Waals surface area contributed by atoms with Gasteiger partial charge in [0.15, 0.2) is 5.97 Å². The number of hydrogen-bond acceptors (Lipinski definition) is 4. The van der Waals surface area contributed by atoms with Crippen molar-refractivity contribution in [1.82, 2.24) is 4.57 Å². The van der Waals surface area contributed by atoms with E-state index in [1.165, 1.54) is 22.2 Å². The second-order valence-electron chi connectivity index (χ2n) is 7.25. The van der Waals surface area contributed by atoms with Crippen LogP contribution in [0.2, 0.25) is 0 Å². The molecule has 0 aliphatic carbocycles. The highest BCUT2D eigenvalue weighted by Gasteiger charge is 2.20. The maximum absolute atomic E-state index is 9.04. The van der Waals surface area contributed by atoms with Gasteiger partial charge < -0.3 is 15.0 Å².